The minimum Gasteiger partial charge on any atom is -0.507 e. The van der Waals surface area contributed by atoms with Crippen LogP contribution in [0.3, 0.4) is 0 Å². The Kier molecular flexibility index (Phi) is 9.97. The summed E-state index contributed by atoms with van der Waals surface area (Å²) in [4.78, 5) is 52.9. The Morgan fingerprint density at radius 1 is 0.824 bits per heavy atom. The summed E-state index contributed by atoms with van der Waals surface area (Å²) >= 11 is 0. The quantitative estimate of drug-likeness (QED) is 0.0654. The third-order valence-corrected chi connectivity index (χ3v) is 9.00. The topological polar surface area (TPSA) is 197 Å². The molecule has 0 spiro atoms. The van der Waals surface area contributed by atoms with E-state index in [-0.39, 0.29) is 56.9 Å². The first-order chi connectivity index (χ1) is 24.4. The molecule has 5 N–H and O–H groups in total. The van der Waals surface area contributed by atoms with Crippen LogP contribution in [0.2, 0.25) is 0 Å². The molecule has 4 aromatic rings. The van der Waals surface area contributed by atoms with Gasteiger partial charge in [0.05, 0.1) is 18.3 Å². The van der Waals surface area contributed by atoms with Gasteiger partial charge in [0.2, 0.25) is 6.29 Å². The Morgan fingerprint density at radius 2 is 1.53 bits per heavy atom. The van der Waals surface area contributed by atoms with Crippen LogP contribution in [0, 0.1) is 0 Å². The van der Waals surface area contributed by atoms with Crippen molar-refractivity contribution >= 4 is 36.0 Å². The highest BCUT2D eigenvalue weighted by Crippen LogP contribution is 2.44. The zero-order valence-electron chi connectivity index (χ0n) is 27.5. The van der Waals surface area contributed by atoms with Crippen LogP contribution in [0.15, 0.2) is 66.7 Å². The summed E-state index contributed by atoms with van der Waals surface area (Å²) in [5.41, 5.74) is 0.782. The number of benzene rings is 4. The van der Waals surface area contributed by atoms with Crippen LogP contribution in [0.25, 0.3) is 12.2 Å². The predicted octanol–water partition coefficient (Wildman–Crippen LogP) is 3.37. The van der Waals surface area contributed by atoms with Gasteiger partial charge in [-0.15, -0.1) is 0 Å². The molecular formula is C39H34O12. The van der Waals surface area contributed by atoms with Crippen molar-refractivity contribution in [3.63, 3.8) is 0 Å². The number of fused-ring (bicyclic) bond motifs is 2. The molecule has 4 aromatic carbocycles. The number of carbonyl (C=O) groups excluding carboxylic acids is 4. The van der Waals surface area contributed by atoms with E-state index in [1.807, 2.05) is 30.3 Å². The highest BCUT2D eigenvalue weighted by Gasteiger charge is 2.44. The molecular weight excluding hydrogens is 660 g/mol. The van der Waals surface area contributed by atoms with Crippen molar-refractivity contribution < 1.29 is 58.9 Å². The molecule has 0 saturated carbocycles. The molecule has 51 heavy (non-hydrogen) atoms. The van der Waals surface area contributed by atoms with Gasteiger partial charge in [-0.1, -0.05) is 54.6 Å². The highest BCUT2D eigenvalue weighted by atomic mass is 16.7. The van der Waals surface area contributed by atoms with Gasteiger partial charge < -0.3 is 39.7 Å². The smallest absolute Gasteiger partial charge is 0.308 e. The number of hydrogen-bond acceptors (Lipinski definition) is 12. The van der Waals surface area contributed by atoms with Crippen LogP contribution in [0.1, 0.15) is 83.9 Å². The number of hydrogen-bond donors (Lipinski definition) is 5. The Hall–Kier alpha value is -5.50. The normalized spacial score (nSPS) is 21.3. The SMILES string of the molecule is CC(=O)Oc1ccc2c(c1/C=C\c1ccccc1)C(=O)c1cc(O[C@H]3O[C@@H](C)[C@@H](O)[C@@H](O)[C@H]3O)c(Cc3cccc(CO)c3C=O)c(O)c1C2=O. The van der Waals surface area contributed by atoms with Crippen molar-refractivity contribution in [3.05, 3.63) is 122 Å². The Morgan fingerprint density at radius 3 is 2.22 bits per heavy atom. The lowest BCUT2D eigenvalue weighted by Crippen LogP contribution is -2.58. The Bertz CT molecular complexity index is 2070. The number of aldehydes is 1. The Labute approximate surface area is 291 Å². The summed E-state index contributed by atoms with van der Waals surface area (Å²) in [5, 5.41) is 53.2. The summed E-state index contributed by atoms with van der Waals surface area (Å²) in [5.74, 6) is -2.99. The van der Waals surface area contributed by atoms with Gasteiger partial charge in [-0.25, -0.2) is 0 Å². The van der Waals surface area contributed by atoms with Crippen molar-refractivity contribution in [2.45, 2.75) is 57.6 Å². The first kappa shape index (κ1) is 35.3. The second-order valence-electron chi connectivity index (χ2n) is 12.3. The minimum absolute atomic E-state index is 0.0146. The van der Waals surface area contributed by atoms with E-state index in [2.05, 4.69) is 0 Å². The number of phenolic OH excluding ortho intramolecular Hbond substituents is 1. The number of ketones is 2. The number of phenols is 1. The standard InChI is InChI=1S/C39H34O12/c1-19-33(43)37(47)38(48)39(49-19)51-30-16-27-32(35(45)26(30)15-22-9-6-10-23(17-40)28(22)18-41)34(44)25-13-14-29(50-20(2)42)24(31(25)36(27)46)12-11-21-7-4-3-5-8-21/h3-14,16,18-19,33,37-40,43,45,47-48H,15,17H2,1-2H3/b12-11-/t19-,33+,37+,38+,39+/m0/s1. The molecule has 1 aliphatic heterocycles. The number of aliphatic hydroxyl groups is 4. The largest absolute Gasteiger partial charge is 0.507 e. The van der Waals surface area contributed by atoms with Crippen LogP contribution in [-0.2, 0) is 22.6 Å². The fraction of sp³-hybridized carbons (Fsp3) is 0.231. The molecule has 5 atom stereocenters. The third kappa shape index (κ3) is 6.58. The maximum Gasteiger partial charge on any atom is 0.308 e. The van der Waals surface area contributed by atoms with Crippen LogP contribution >= 0.6 is 0 Å². The number of rotatable bonds is 9. The summed E-state index contributed by atoms with van der Waals surface area (Å²) in [6.07, 6.45) is -3.98. The van der Waals surface area contributed by atoms with Crippen LogP contribution in [-0.4, -0.2) is 80.1 Å². The van der Waals surface area contributed by atoms with E-state index in [9.17, 15) is 44.7 Å². The molecule has 6 rings (SSSR count). The summed E-state index contributed by atoms with van der Waals surface area (Å²) in [7, 11) is 0. The molecule has 0 aromatic heterocycles. The van der Waals surface area contributed by atoms with Gasteiger partial charge in [-0.3, -0.25) is 19.2 Å². The van der Waals surface area contributed by atoms with Gasteiger partial charge in [-0.05, 0) is 47.9 Å². The van der Waals surface area contributed by atoms with Crippen LogP contribution in [0.5, 0.6) is 17.2 Å². The second-order valence-corrected chi connectivity index (χ2v) is 12.3. The van der Waals surface area contributed by atoms with E-state index in [0.717, 1.165) is 5.56 Å². The first-order valence-corrected chi connectivity index (χ1v) is 16.0. The monoisotopic (exact) mass is 694 g/mol. The van der Waals surface area contributed by atoms with Gasteiger partial charge in [-0.2, -0.15) is 0 Å². The van der Waals surface area contributed by atoms with E-state index in [0.29, 0.717) is 17.4 Å². The number of carbonyl (C=O) groups is 4. The predicted molar refractivity (Wildman–Crippen MR) is 182 cm³/mol. The zero-order chi connectivity index (χ0) is 36.6. The maximum atomic E-state index is 14.5. The molecule has 262 valence electrons. The zero-order valence-corrected chi connectivity index (χ0v) is 27.5. The summed E-state index contributed by atoms with van der Waals surface area (Å²) < 4.78 is 17.1. The minimum atomic E-state index is -1.77. The lowest BCUT2D eigenvalue weighted by atomic mass is 9.79. The fourth-order valence-electron chi connectivity index (χ4n) is 6.36. The van der Waals surface area contributed by atoms with Crippen LogP contribution in [0.4, 0.5) is 0 Å². The molecule has 0 bridgehead atoms. The molecule has 0 unspecified atom stereocenters. The number of aliphatic hydroxyl groups excluding tert-OH is 4. The van der Waals surface area contributed by atoms with E-state index in [1.165, 1.54) is 32.0 Å². The van der Waals surface area contributed by atoms with E-state index < -0.39 is 60.6 Å². The molecule has 12 heteroatoms. The molecule has 0 amide bonds. The second kappa shape index (κ2) is 14.4. The van der Waals surface area contributed by atoms with E-state index in [4.69, 9.17) is 14.2 Å². The van der Waals surface area contributed by atoms with Crippen molar-refractivity contribution in [2.75, 3.05) is 0 Å². The third-order valence-electron chi connectivity index (χ3n) is 9.00. The van der Waals surface area contributed by atoms with Crippen molar-refractivity contribution in [1.82, 2.24) is 0 Å². The summed E-state index contributed by atoms with van der Waals surface area (Å²) in [6, 6.07) is 17.7. The van der Waals surface area contributed by atoms with Gasteiger partial charge in [0.15, 0.2) is 17.9 Å². The van der Waals surface area contributed by atoms with Gasteiger partial charge in [0.25, 0.3) is 0 Å². The molecule has 12 nitrogen and oxygen atoms in total. The highest BCUT2D eigenvalue weighted by molar-refractivity contribution is 6.31. The molecule has 1 aliphatic carbocycles. The van der Waals surface area contributed by atoms with Gasteiger partial charge >= 0.3 is 5.97 Å². The average molecular weight is 695 g/mol. The van der Waals surface area contributed by atoms with E-state index in [1.54, 1.807) is 30.4 Å². The number of aromatic hydroxyl groups is 1. The molecule has 1 fully saturated rings. The molecule has 0 radical (unpaired) electrons. The molecule has 1 saturated heterocycles. The molecule has 2 aliphatic rings. The summed E-state index contributed by atoms with van der Waals surface area (Å²) in [6.45, 7) is 2.19. The first-order valence-electron chi connectivity index (χ1n) is 16.0. The van der Waals surface area contributed by atoms with Gasteiger partial charge in [0.1, 0.15) is 35.6 Å². The van der Waals surface area contributed by atoms with Crippen molar-refractivity contribution in [3.8, 4) is 17.2 Å². The van der Waals surface area contributed by atoms with Crippen molar-refractivity contribution in [2.24, 2.45) is 0 Å². The van der Waals surface area contributed by atoms with Gasteiger partial charge in [0, 0.05) is 46.7 Å². The Balaban J connectivity index is 1.54. The fourth-order valence-corrected chi connectivity index (χ4v) is 6.36. The average Bonchev–Trinajstić information content (AvgIpc) is 3.12. The number of esters is 1. The lowest BCUT2D eigenvalue weighted by Gasteiger charge is -2.39. The maximum absolute atomic E-state index is 14.5. The number of ether oxygens (including phenoxy) is 3. The van der Waals surface area contributed by atoms with Crippen molar-refractivity contribution in [1.29, 1.82) is 0 Å². The molecule has 1 heterocycles. The van der Waals surface area contributed by atoms with Crippen LogP contribution < -0.4 is 9.47 Å². The lowest BCUT2D eigenvalue weighted by molar-refractivity contribution is -0.268. The van der Waals surface area contributed by atoms with E-state index >= 15 is 0 Å².